The smallest absolute Gasteiger partial charge is 0.258 e. The molecule has 6 heterocycles. The molecule has 2 saturated heterocycles. The van der Waals surface area contributed by atoms with E-state index < -0.39 is 0 Å². The van der Waals surface area contributed by atoms with Crippen LogP contribution in [0.15, 0.2) is 41.3 Å². The van der Waals surface area contributed by atoms with Gasteiger partial charge in [0.2, 0.25) is 0 Å². The Balaban J connectivity index is 1.26. The molecular formula is C22H22N8O. The van der Waals surface area contributed by atoms with Gasteiger partial charge in [-0.1, -0.05) is 0 Å². The van der Waals surface area contributed by atoms with E-state index in [1.807, 2.05) is 31.3 Å². The second kappa shape index (κ2) is 5.88. The lowest BCUT2D eigenvalue weighted by atomic mass is 9.56. The summed E-state index contributed by atoms with van der Waals surface area (Å²) in [4.78, 5) is 24.4. The summed E-state index contributed by atoms with van der Waals surface area (Å²) in [6.07, 6.45) is 3.26. The highest BCUT2D eigenvalue weighted by Gasteiger charge is 2.61. The fourth-order valence-electron chi connectivity index (χ4n) is 5.93. The first-order valence-electron chi connectivity index (χ1n) is 10.8. The number of aryl methyl sites for hydroxylation is 1. The molecule has 31 heavy (non-hydrogen) atoms. The Morgan fingerprint density at radius 3 is 2.87 bits per heavy atom. The Morgan fingerprint density at radius 1 is 1.06 bits per heavy atom. The van der Waals surface area contributed by atoms with Crippen molar-refractivity contribution in [1.82, 2.24) is 34.5 Å². The zero-order valence-corrected chi connectivity index (χ0v) is 17.2. The van der Waals surface area contributed by atoms with Crippen LogP contribution in [0.3, 0.4) is 0 Å². The summed E-state index contributed by atoms with van der Waals surface area (Å²) in [7, 11) is 0. The predicted octanol–water partition coefficient (Wildman–Crippen LogP) is 1.15. The molecule has 1 aliphatic carbocycles. The molecule has 3 atom stereocenters. The highest BCUT2D eigenvalue weighted by molar-refractivity contribution is 5.60. The van der Waals surface area contributed by atoms with Gasteiger partial charge in [0.05, 0.1) is 11.4 Å². The average Bonchev–Trinajstić information content (AvgIpc) is 3.39. The summed E-state index contributed by atoms with van der Waals surface area (Å²) >= 11 is 0. The number of anilines is 1. The second-order valence-corrected chi connectivity index (χ2v) is 9.19. The van der Waals surface area contributed by atoms with Crippen molar-refractivity contribution in [2.75, 3.05) is 31.1 Å². The molecule has 3 fully saturated rings. The summed E-state index contributed by atoms with van der Waals surface area (Å²) in [6.45, 7) is 6.25. The van der Waals surface area contributed by atoms with Crippen LogP contribution < -0.4 is 15.8 Å². The van der Waals surface area contributed by atoms with E-state index in [0.717, 1.165) is 43.7 Å². The molecule has 9 heteroatoms. The standard InChI is InChI=1S/C22H22N8O/c1-13-24-20-5-3-17(27-30(20)26-13)18-7-21(31)29-10-16(2-4-19(29)25-18)28-9-15-6-14-8-23-11-22(14,15)12-28/h2-5,7,10,14-15,23H,6,8-9,11-12H2,1H3/t14-,15-,22-/m0/s1. The number of aromatic nitrogens is 6. The van der Waals surface area contributed by atoms with Crippen molar-refractivity contribution < 1.29 is 0 Å². The van der Waals surface area contributed by atoms with Gasteiger partial charge in [-0.25, -0.2) is 9.97 Å². The summed E-state index contributed by atoms with van der Waals surface area (Å²) in [6, 6.07) is 9.21. The number of hydrogen-bond acceptors (Lipinski definition) is 7. The molecule has 0 amide bonds. The van der Waals surface area contributed by atoms with E-state index in [4.69, 9.17) is 4.98 Å². The van der Waals surface area contributed by atoms with Crippen molar-refractivity contribution in [3.8, 4) is 11.4 Å². The van der Waals surface area contributed by atoms with Crippen LogP contribution >= 0.6 is 0 Å². The first kappa shape index (κ1) is 17.4. The molecule has 1 spiro atoms. The molecule has 3 aliphatic rings. The SMILES string of the molecule is Cc1nc2ccc(-c3cc(=O)n4cc(N5C[C@@H]6C[C@H]7CNC[C@]76C5)ccc4n3)nn2n1. The molecular weight excluding hydrogens is 392 g/mol. The first-order valence-corrected chi connectivity index (χ1v) is 10.8. The van der Waals surface area contributed by atoms with E-state index in [9.17, 15) is 4.79 Å². The van der Waals surface area contributed by atoms with Gasteiger partial charge in [0.1, 0.15) is 17.2 Å². The molecule has 7 rings (SSSR count). The number of pyridine rings is 1. The number of fused-ring (bicyclic) bond motifs is 2. The third-order valence-corrected chi connectivity index (χ3v) is 7.55. The molecule has 1 saturated carbocycles. The maximum absolute atomic E-state index is 13.0. The maximum atomic E-state index is 13.0. The molecule has 9 nitrogen and oxygen atoms in total. The van der Waals surface area contributed by atoms with Crippen LogP contribution in [0.25, 0.3) is 22.7 Å². The van der Waals surface area contributed by atoms with Crippen molar-refractivity contribution in [3.05, 3.63) is 52.7 Å². The first-order chi connectivity index (χ1) is 15.1. The van der Waals surface area contributed by atoms with Gasteiger partial charge in [-0.2, -0.15) is 0 Å². The minimum Gasteiger partial charge on any atom is -0.369 e. The summed E-state index contributed by atoms with van der Waals surface area (Å²) < 4.78 is 3.11. The maximum Gasteiger partial charge on any atom is 0.258 e. The normalized spacial score (nSPS) is 26.9. The third-order valence-electron chi connectivity index (χ3n) is 7.55. The van der Waals surface area contributed by atoms with Gasteiger partial charge < -0.3 is 10.2 Å². The van der Waals surface area contributed by atoms with Gasteiger partial charge in [-0.05, 0) is 56.0 Å². The van der Waals surface area contributed by atoms with E-state index in [-0.39, 0.29) is 5.56 Å². The van der Waals surface area contributed by atoms with Gasteiger partial charge in [0, 0.05) is 37.3 Å². The van der Waals surface area contributed by atoms with Crippen LogP contribution in [0.1, 0.15) is 12.2 Å². The lowest BCUT2D eigenvalue weighted by Crippen LogP contribution is -2.48. The van der Waals surface area contributed by atoms with Crippen LogP contribution in [-0.4, -0.2) is 55.4 Å². The Kier molecular flexibility index (Phi) is 3.29. The zero-order valence-electron chi connectivity index (χ0n) is 17.2. The molecule has 0 unspecified atom stereocenters. The van der Waals surface area contributed by atoms with Gasteiger partial charge in [-0.3, -0.25) is 9.20 Å². The lowest BCUT2D eigenvalue weighted by Gasteiger charge is -2.46. The fourth-order valence-corrected chi connectivity index (χ4v) is 5.93. The van der Waals surface area contributed by atoms with Crippen molar-refractivity contribution in [2.24, 2.45) is 17.3 Å². The number of rotatable bonds is 2. The van der Waals surface area contributed by atoms with E-state index in [2.05, 4.69) is 31.5 Å². The van der Waals surface area contributed by atoms with Crippen molar-refractivity contribution >= 4 is 17.0 Å². The van der Waals surface area contributed by atoms with Gasteiger partial charge in [0.25, 0.3) is 5.56 Å². The number of nitrogens with zero attached hydrogens (tertiary/aromatic N) is 7. The third kappa shape index (κ3) is 2.38. The van der Waals surface area contributed by atoms with Crippen LogP contribution in [0, 0.1) is 24.2 Å². The van der Waals surface area contributed by atoms with Gasteiger partial charge in [0.15, 0.2) is 5.65 Å². The topological polar surface area (TPSA) is 92.7 Å². The van der Waals surface area contributed by atoms with Crippen molar-refractivity contribution in [1.29, 1.82) is 0 Å². The van der Waals surface area contributed by atoms with Gasteiger partial charge >= 0.3 is 0 Å². The van der Waals surface area contributed by atoms with Crippen LogP contribution in [-0.2, 0) is 0 Å². The highest BCUT2D eigenvalue weighted by Crippen LogP contribution is 2.58. The minimum atomic E-state index is -0.112. The van der Waals surface area contributed by atoms with Crippen LogP contribution in [0.4, 0.5) is 5.69 Å². The Hall–Kier alpha value is -3.33. The molecule has 2 aliphatic heterocycles. The molecule has 156 valence electrons. The Labute approximate surface area is 177 Å². The minimum absolute atomic E-state index is 0.112. The number of nitrogens with one attached hydrogen (secondary N) is 1. The fraction of sp³-hybridized carbons (Fsp3) is 0.409. The molecule has 4 aromatic heterocycles. The molecule has 0 bridgehead atoms. The summed E-state index contributed by atoms with van der Waals surface area (Å²) in [5.41, 5.74) is 3.83. The summed E-state index contributed by atoms with van der Waals surface area (Å²) in [5.74, 6) is 2.23. The predicted molar refractivity (Wildman–Crippen MR) is 115 cm³/mol. The number of hydrogen-bond donors (Lipinski definition) is 1. The lowest BCUT2D eigenvalue weighted by molar-refractivity contribution is 0.0416. The largest absolute Gasteiger partial charge is 0.369 e. The van der Waals surface area contributed by atoms with E-state index >= 15 is 0 Å². The van der Waals surface area contributed by atoms with E-state index in [0.29, 0.717) is 33.9 Å². The van der Waals surface area contributed by atoms with Crippen molar-refractivity contribution in [3.63, 3.8) is 0 Å². The molecule has 0 radical (unpaired) electrons. The second-order valence-electron chi connectivity index (χ2n) is 9.19. The average molecular weight is 414 g/mol. The van der Waals surface area contributed by atoms with Crippen LogP contribution in [0.5, 0.6) is 0 Å². The quantitative estimate of drug-likeness (QED) is 0.526. The summed E-state index contributed by atoms with van der Waals surface area (Å²) in [5, 5.41) is 12.3. The van der Waals surface area contributed by atoms with Crippen LogP contribution in [0.2, 0.25) is 0 Å². The zero-order chi connectivity index (χ0) is 20.7. The highest BCUT2D eigenvalue weighted by atomic mass is 16.1. The molecule has 0 aromatic carbocycles. The Bertz CT molecular complexity index is 1420. The molecule has 1 N–H and O–H groups in total. The monoisotopic (exact) mass is 414 g/mol. The Morgan fingerprint density at radius 2 is 1.97 bits per heavy atom. The van der Waals surface area contributed by atoms with Gasteiger partial charge in [-0.15, -0.1) is 14.8 Å². The molecule has 4 aromatic rings. The van der Waals surface area contributed by atoms with Crippen molar-refractivity contribution in [2.45, 2.75) is 13.3 Å². The van der Waals surface area contributed by atoms with E-state index in [1.165, 1.54) is 17.1 Å². The van der Waals surface area contributed by atoms with E-state index in [1.54, 1.807) is 4.40 Å².